The van der Waals surface area contributed by atoms with Crippen LogP contribution in [0.15, 0.2) is 30.3 Å². The highest BCUT2D eigenvalue weighted by atomic mass is 29.3. The molecule has 1 unspecified atom stereocenters. The number of nitrogens with zero attached hydrogens (tertiary/aromatic N) is 1. The Bertz CT molecular complexity index is 393. The lowest BCUT2D eigenvalue weighted by Gasteiger charge is -2.43. The second-order valence-electron chi connectivity index (χ2n) is 7.28. The minimum atomic E-state index is -1.35. The third kappa shape index (κ3) is 3.39. The lowest BCUT2D eigenvalue weighted by molar-refractivity contribution is 0.260. The Kier molecular flexibility index (Phi) is 4.69. The van der Waals surface area contributed by atoms with Crippen molar-refractivity contribution in [3.63, 3.8) is 0 Å². The molecule has 1 saturated heterocycles. The van der Waals surface area contributed by atoms with Crippen molar-refractivity contribution in [3.8, 4) is 0 Å². The van der Waals surface area contributed by atoms with E-state index < -0.39 is 15.2 Å². The molecule has 1 aliphatic heterocycles. The maximum atomic E-state index is 2.76. The van der Waals surface area contributed by atoms with Crippen LogP contribution in [-0.2, 0) is 0 Å². The summed E-state index contributed by atoms with van der Waals surface area (Å²) in [4.78, 5) is 2.76. The second-order valence-corrected chi connectivity index (χ2v) is 23.2. The summed E-state index contributed by atoms with van der Waals surface area (Å²) in [5.74, 6) is 0. The molecule has 3 heteroatoms. The molecule has 0 saturated carbocycles. The molecule has 0 N–H and O–H groups in total. The van der Waals surface area contributed by atoms with Gasteiger partial charge in [-0.25, -0.2) is 0 Å². The summed E-state index contributed by atoms with van der Waals surface area (Å²) in [6.07, 6.45) is 5.63. The van der Waals surface area contributed by atoms with Crippen molar-refractivity contribution in [2.75, 3.05) is 19.3 Å². The Morgan fingerprint density at radius 3 is 2.00 bits per heavy atom. The molecule has 1 fully saturated rings. The SMILES string of the molecule is C[Si](C)(C)[Si](C)(CN1CCCCC1)c1ccccc1. The molecule has 1 nitrogen and oxygen atoms in total. The normalized spacial score (nSPS) is 21.1. The van der Waals surface area contributed by atoms with E-state index in [1.165, 1.54) is 38.5 Å². The maximum absolute atomic E-state index is 2.76. The van der Waals surface area contributed by atoms with Gasteiger partial charge < -0.3 is 4.90 Å². The van der Waals surface area contributed by atoms with E-state index in [0.717, 1.165) is 0 Å². The molecule has 0 spiro atoms. The van der Waals surface area contributed by atoms with Crippen LogP contribution in [0.4, 0.5) is 0 Å². The van der Waals surface area contributed by atoms with Crippen molar-refractivity contribution in [2.24, 2.45) is 0 Å². The van der Waals surface area contributed by atoms with Gasteiger partial charge in [-0.3, -0.25) is 0 Å². The monoisotopic (exact) mass is 291 g/mol. The number of benzene rings is 1. The van der Waals surface area contributed by atoms with Crippen molar-refractivity contribution >= 4 is 20.4 Å². The Morgan fingerprint density at radius 2 is 1.47 bits per heavy atom. The van der Waals surface area contributed by atoms with E-state index in [1.807, 2.05) is 0 Å². The number of hydrogen-bond donors (Lipinski definition) is 0. The van der Waals surface area contributed by atoms with Crippen LogP contribution >= 0.6 is 0 Å². The largest absolute Gasteiger partial charge is 0.306 e. The number of hydrogen-bond acceptors (Lipinski definition) is 1. The molecule has 0 aromatic heterocycles. The van der Waals surface area contributed by atoms with E-state index in [2.05, 4.69) is 61.4 Å². The van der Waals surface area contributed by atoms with Crippen LogP contribution in [0.25, 0.3) is 0 Å². The first-order valence-electron chi connectivity index (χ1n) is 7.71. The van der Waals surface area contributed by atoms with Gasteiger partial charge in [-0.1, -0.05) is 68.1 Å². The Hall–Kier alpha value is -0.386. The Labute approximate surface area is 120 Å². The number of likely N-dealkylation sites (tertiary alicyclic amines) is 1. The molecule has 1 atom stereocenters. The molecule has 1 aromatic carbocycles. The molecule has 0 radical (unpaired) electrons. The van der Waals surface area contributed by atoms with Crippen LogP contribution in [0.2, 0.25) is 26.2 Å². The van der Waals surface area contributed by atoms with E-state index in [0.29, 0.717) is 0 Å². The summed E-state index contributed by atoms with van der Waals surface area (Å²) in [5, 5.41) is 1.68. The summed E-state index contributed by atoms with van der Waals surface area (Å²) in [7, 11) is -2.49. The molecule has 1 aliphatic rings. The summed E-state index contributed by atoms with van der Waals surface area (Å²) in [5.41, 5.74) is 0. The van der Waals surface area contributed by atoms with Crippen molar-refractivity contribution in [1.29, 1.82) is 0 Å². The minimum absolute atomic E-state index is 1.14. The highest BCUT2D eigenvalue weighted by Crippen LogP contribution is 2.22. The zero-order chi connectivity index (χ0) is 13.9. The second kappa shape index (κ2) is 5.94. The molecule has 1 aromatic rings. The van der Waals surface area contributed by atoms with Crippen LogP contribution < -0.4 is 5.19 Å². The van der Waals surface area contributed by atoms with E-state index in [1.54, 1.807) is 5.19 Å². The van der Waals surface area contributed by atoms with Gasteiger partial charge in [0, 0.05) is 7.59 Å². The summed E-state index contributed by atoms with van der Waals surface area (Å²) >= 11 is 0. The average molecular weight is 292 g/mol. The first-order chi connectivity index (χ1) is 8.93. The van der Waals surface area contributed by atoms with Gasteiger partial charge in [0.15, 0.2) is 0 Å². The summed E-state index contributed by atoms with van der Waals surface area (Å²) < 4.78 is 0. The molecular weight excluding hydrogens is 262 g/mol. The third-order valence-corrected chi connectivity index (χ3v) is 22.3. The van der Waals surface area contributed by atoms with Crippen molar-refractivity contribution in [3.05, 3.63) is 30.3 Å². The van der Waals surface area contributed by atoms with Crippen LogP contribution in [0.5, 0.6) is 0 Å². The van der Waals surface area contributed by atoms with Gasteiger partial charge >= 0.3 is 0 Å². The van der Waals surface area contributed by atoms with E-state index in [4.69, 9.17) is 0 Å². The molecule has 0 amide bonds. The van der Waals surface area contributed by atoms with Crippen molar-refractivity contribution < 1.29 is 0 Å². The van der Waals surface area contributed by atoms with Gasteiger partial charge in [-0.2, -0.15) is 0 Å². The van der Waals surface area contributed by atoms with Crippen LogP contribution in [0.1, 0.15) is 19.3 Å². The third-order valence-electron chi connectivity index (χ3n) is 5.05. The van der Waals surface area contributed by atoms with E-state index >= 15 is 0 Å². The quantitative estimate of drug-likeness (QED) is 0.769. The lowest BCUT2D eigenvalue weighted by Crippen LogP contribution is -2.69. The highest BCUT2D eigenvalue weighted by Gasteiger charge is 2.43. The zero-order valence-electron chi connectivity index (χ0n) is 13.1. The van der Waals surface area contributed by atoms with Crippen LogP contribution in [0.3, 0.4) is 0 Å². The maximum Gasteiger partial charge on any atom is 0.0909 e. The van der Waals surface area contributed by atoms with Crippen LogP contribution in [0, 0.1) is 0 Å². The molecule has 0 bridgehead atoms. The summed E-state index contributed by atoms with van der Waals surface area (Å²) in [6.45, 7) is 13.0. The van der Waals surface area contributed by atoms with Gasteiger partial charge in [-0.15, -0.1) is 0 Å². The van der Waals surface area contributed by atoms with E-state index in [9.17, 15) is 0 Å². The zero-order valence-corrected chi connectivity index (χ0v) is 15.1. The number of rotatable bonds is 4. The minimum Gasteiger partial charge on any atom is -0.306 e. The predicted molar refractivity (Wildman–Crippen MR) is 91.3 cm³/mol. The molecule has 1 heterocycles. The fraction of sp³-hybridized carbons (Fsp3) is 0.625. The standard InChI is InChI=1S/C16H29NSi2/c1-18(2,3)19(4,16-11-7-5-8-12-16)15-17-13-9-6-10-14-17/h5,7-8,11-12H,6,9-10,13-15H2,1-4H3. The smallest absolute Gasteiger partial charge is 0.0909 e. The first kappa shape index (κ1) is 15.0. The van der Waals surface area contributed by atoms with E-state index in [-0.39, 0.29) is 0 Å². The number of piperidine rings is 1. The highest BCUT2D eigenvalue weighted by molar-refractivity contribution is 7.45. The van der Waals surface area contributed by atoms with Crippen LogP contribution in [-0.4, -0.2) is 39.3 Å². The molecule has 19 heavy (non-hydrogen) atoms. The lowest BCUT2D eigenvalue weighted by atomic mass is 10.1. The fourth-order valence-electron chi connectivity index (χ4n) is 3.13. The van der Waals surface area contributed by atoms with Gasteiger partial charge in [0.05, 0.1) is 7.59 Å². The van der Waals surface area contributed by atoms with Gasteiger partial charge in [0.2, 0.25) is 0 Å². The Morgan fingerprint density at radius 1 is 0.895 bits per heavy atom. The van der Waals surface area contributed by atoms with Crippen molar-refractivity contribution in [1.82, 2.24) is 4.90 Å². The van der Waals surface area contributed by atoms with Gasteiger partial charge in [0.25, 0.3) is 0 Å². The van der Waals surface area contributed by atoms with Gasteiger partial charge in [0.1, 0.15) is 0 Å². The topological polar surface area (TPSA) is 3.24 Å². The molecule has 106 valence electrons. The van der Waals surface area contributed by atoms with Gasteiger partial charge in [-0.05, 0) is 32.1 Å². The Balaban J connectivity index is 2.25. The summed E-state index contributed by atoms with van der Waals surface area (Å²) in [6, 6.07) is 11.4. The molecule has 0 aliphatic carbocycles. The first-order valence-corrected chi connectivity index (χ1v) is 14.9. The average Bonchev–Trinajstić information content (AvgIpc) is 2.39. The predicted octanol–water partition coefficient (Wildman–Crippen LogP) is 3.41. The molecule has 2 rings (SSSR count). The fourth-order valence-corrected chi connectivity index (χ4v) is 12.0. The molecular formula is C16H29NSi2. The van der Waals surface area contributed by atoms with Crippen molar-refractivity contribution in [2.45, 2.75) is 45.5 Å².